The minimum Gasteiger partial charge on any atom is -0.350 e. The standard InChI is InChI=1S/C18H20ClN3O3/c19-11-5-6-12-14(9-11)21-17(24)15-13(7-8-22(15)18(12)25)20-16(23)10-3-1-2-4-10/h5-6,9-10,13,15H,1-4,7-8H2,(H,20,23)(H,21,24)/t13-,15-/m0/s1. The van der Waals surface area contributed by atoms with Crippen molar-refractivity contribution in [3.05, 3.63) is 28.8 Å². The lowest BCUT2D eigenvalue weighted by molar-refractivity contribution is -0.126. The van der Waals surface area contributed by atoms with Gasteiger partial charge in [-0.15, -0.1) is 0 Å². The van der Waals surface area contributed by atoms with Crippen LogP contribution in [0.5, 0.6) is 0 Å². The minimum absolute atomic E-state index is 0.00871. The van der Waals surface area contributed by atoms with Crippen molar-refractivity contribution in [1.82, 2.24) is 10.2 Å². The highest BCUT2D eigenvalue weighted by molar-refractivity contribution is 6.31. The van der Waals surface area contributed by atoms with E-state index in [4.69, 9.17) is 11.6 Å². The number of nitrogens with zero attached hydrogens (tertiary/aromatic N) is 1. The quantitative estimate of drug-likeness (QED) is 0.847. The van der Waals surface area contributed by atoms with Crippen LogP contribution in [0.15, 0.2) is 18.2 Å². The van der Waals surface area contributed by atoms with Crippen LogP contribution >= 0.6 is 11.6 Å². The second kappa shape index (κ2) is 6.33. The van der Waals surface area contributed by atoms with Crippen molar-refractivity contribution in [1.29, 1.82) is 0 Å². The third kappa shape index (κ3) is 2.88. The molecule has 3 aliphatic rings. The number of anilines is 1. The van der Waals surface area contributed by atoms with Crippen molar-refractivity contribution in [2.24, 2.45) is 5.92 Å². The summed E-state index contributed by atoms with van der Waals surface area (Å²) >= 11 is 5.98. The number of hydrogen-bond donors (Lipinski definition) is 2. The maximum Gasteiger partial charge on any atom is 0.256 e. The van der Waals surface area contributed by atoms with Gasteiger partial charge in [0, 0.05) is 17.5 Å². The lowest BCUT2D eigenvalue weighted by Crippen LogP contribution is -2.52. The summed E-state index contributed by atoms with van der Waals surface area (Å²) in [5.41, 5.74) is 0.862. The summed E-state index contributed by atoms with van der Waals surface area (Å²) in [5, 5.41) is 6.28. The fraction of sp³-hybridized carbons (Fsp3) is 0.500. The molecule has 2 atom stereocenters. The first kappa shape index (κ1) is 16.4. The maximum absolute atomic E-state index is 12.8. The van der Waals surface area contributed by atoms with E-state index in [1.165, 1.54) is 0 Å². The van der Waals surface area contributed by atoms with E-state index < -0.39 is 6.04 Å². The molecule has 6 nitrogen and oxygen atoms in total. The average Bonchev–Trinajstić information content (AvgIpc) is 3.22. The molecule has 1 saturated carbocycles. The molecule has 1 aromatic rings. The number of fused-ring (bicyclic) bond motifs is 2. The Bertz CT molecular complexity index is 745. The molecule has 2 aliphatic heterocycles. The molecule has 2 fully saturated rings. The lowest BCUT2D eigenvalue weighted by Gasteiger charge is -2.25. The molecule has 1 saturated heterocycles. The Kier molecular flexibility index (Phi) is 4.15. The zero-order chi connectivity index (χ0) is 17.6. The van der Waals surface area contributed by atoms with Gasteiger partial charge in [0.15, 0.2) is 0 Å². The highest BCUT2D eigenvalue weighted by atomic mass is 35.5. The van der Waals surface area contributed by atoms with E-state index in [1.807, 2.05) is 0 Å². The van der Waals surface area contributed by atoms with Crippen molar-refractivity contribution in [3.8, 4) is 0 Å². The smallest absolute Gasteiger partial charge is 0.256 e. The molecule has 0 spiro atoms. The zero-order valence-corrected chi connectivity index (χ0v) is 14.5. The molecule has 0 bridgehead atoms. The van der Waals surface area contributed by atoms with Gasteiger partial charge < -0.3 is 15.5 Å². The molecule has 2 heterocycles. The number of hydrogen-bond acceptors (Lipinski definition) is 3. The summed E-state index contributed by atoms with van der Waals surface area (Å²) in [4.78, 5) is 39.6. The number of nitrogens with one attached hydrogen (secondary N) is 2. The molecule has 1 aromatic carbocycles. The van der Waals surface area contributed by atoms with Crippen LogP contribution in [0.3, 0.4) is 0 Å². The molecule has 7 heteroatoms. The van der Waals surface area contributed by atoms with Crippen LogP contribution < -0.4 is 10.6 Å². The molecule has 25 heavy (non-hydrogen) atoms. The average molecular weight is 362 g/mol. The second-order valence-corrected chi connectivity index (χ2v) is 7.44. The van der Waals surface area contributed by atoms with E-state index in [0.717, 1.165) is 25.7 Å². The molecular weight excluding hydrogens is 342 g/mol. The summed E-state index contributed by atoms with van der Waals surface area (Å²) in [6, 6.07) is 3.83. The zero-order valence-electron chi connectivity index (χ0n) is 13.8. The highest BCUT2D eigenvalue weighted by Gasteiger charge is 2.45. The number of benzene rings is 1. The molecule has 2 N–H and O–H groups in total. The van der Waals surface area contributed by atoms with E-state index in [1.54, 1.807) is 23.1 Å². The molecule has 3 amide bonds. The van der Waals surface area contributed by atoms with Gasteiger partial charge in [-0.2, -0.15) is 0 Å². The van der Waals surface area contributed by atoms with Crippen molar-refractivity contribution in [3.63, 3.8) is 0 Å². The number of amides is 3. The Morgan fingerprint density at radius 1 is 1.20 bits per heavy atom. The predicted molar refractivity (Wildman–Crippen MR) is 93.4 cm³/mol. The molecule has 1 aliphatic carbocycles. The van der Waals surface area contributed by atoms with Gasteiger partial charge in [-0.05, 0) is 37.5 Å². The van der Waals surface area contributed by atoms with Crippen molar-refractivity contribution >= 4 is 35.0 Å². The first-order valence-corrected chi connectivity index (χ1v) is 9.14. The molecular formula is C18H20ClN3O3. The molecule has 0 radical (unpaired) electrons. The maximum atomic E-state index is 12.8. The lowest BCUT2D eigenvalue weighted by atomic mass is 10.0. The van der Waals surface area contributed by atoms with E-state index in [2.05, 4.69) is 10.6 Å². The second-order valence-electron chi connectivity index (χ2n) is 7.01. The summed E-state index contributed by atoms with van der Waals surface area (Å²) < 4.78 is 0. The first-order chi connectivity index (χ1) is 12.0. The van der Waals surface area contributed by atoms with Crippen LogP contribution in [-0.4, -0.2) is 41.2 Å². The van der Waals surface area contributed by atoms with Crippen molar-refractivity contribution < 1.29 is 14.4 Å². The number of rotatable bonds is 2. The van der Waals surface area contributed by atoms with Crippen molar-refractivity contribution in [2.75, 3.05) is 11.9 Å². The van der Waals surface area contributed by atoms with E-state index in [-0.39, 0.29) is 29.7 Å². The van der Waals surface area contributed by atoms with Gasteiger partial charge >= 0.3 is 0 Å². The fourth-order valence-corrected chi connectivity index (χ4v) is 4.32. The van der Waals surface area contributed by atoms with E-state index >= 15 is 0 Å². The predicted octanol–water partition coefficient (Wildman–Crippen LogP) is 2.18. The van der Waals surface area contributed by atoms with E-state index in [9.17, 15) is 14.4 Å². The minimum atomic E-state index is -0.677. The van der Waals surface area contributed by atoms with Gasteiger partial charge in [0.25, 0.3) is 5.91 Å². The Hall–Kier alpha value is -2.08. The highest BCUT2D eigenvalue weighted by Crippen LogP contribution is 2.31. The Balaban J connectivity index is 1.57. The largest absolute Gasteiger partial charge is 0.350 e. The number of carbonyl (C=O) groups excluding carboxylic acids is 3. The summed E-state index contributed by atoms with van der Waals surface area (Å²) in [6.45, 7) is 0.453. The third-order valence-corrected chi connectivity index (χ3v) is 5.69. The monoisotopic (exact) mass is 361 g/mol. The van der Waals surface area contributed by atoms with Gasteiger partial charge in [0.1, 0.15) is 6.04 Å². The van der Waals surface area contributed by atoms with Crippen LogP contribution in [0.1, 0.15) is 42.5 Å². The van der Waals surface area contributed by atoms with Crippen LogP contribution in [0.4, 0.5) is 5.69 Å². The van der Waals surface area contributed by atoms with Gasteiger partial charge in [-0.3, -0.25) is 14.4 Å². The molecule has 0 aromatic heterocycles. The SMILES string of the molecule is O=C(N[C@H]1CCN2C(=O)c3ccc(Cl)cc3NC(=O)[C@H]12)C1CCCC1. The molecule has 132 valence electrons. The Morgan fingerprint density at radius 3 is 2.72 bits per heavy atom. The molecule has 0 unspecified atom stereocenters. The number of carbonyl (C=O) groups is 3. The summed E-state index contributed by atoms with van der Waals surface area (Å²) in [5.74, 6) is -0.430. The van der Waals surface area contributed by atoms with Crippen LogP contribution in [0.25, 0.3) is 0 Å². The summed E-state index contributed by atoms with van der Waals surface area (Å²) in [6.07, 6.45) is 4.55. The fourth-order valence-electron chi connectivity index (χ4n) is 4.15. The Morgan fingerprint density at radius 2 is 1.96 bits per heavy atom. The van der Waals surface area contributed by atoms with Gasteiger partial charge in [0.05, 0.1) is 17.3 Å². The van der Waals surface area contributed by atoms with Crippen molar-refractivity contribution in [2.45, 2.75) is 44.2 Å². The van der Waals surface area contributed by atoms with Crippen LogP contribution in [0.2, 0.25) is 5.02 Å². The van der Waals surface area contributed by atoms with Crippen LogP contribution in [0, 0.1) is 5.92 Å². The number of halogens is 1. The normalized spacial score (nSPS) is 26.0. The van der Waals surface area contributed by atoms with Gasteiger partial charge in [0.2, 0.25) is 11.8 Å². The van der Waals surface area contributed by atoms with Gasteiger partial charge in [-0.25, -0.2) is 0 Å². The summed E-state index contributed by atoms with van der Waals surface area (Å²) in [7, 11) is 0. The topological polar surface area (TPSA) is 78.5 Å². The first-order valence-electron chi connectivity index (χ1n) is 8.76. The van der Waals surface area contributed by atoms with Crippen LogP contribution in [-0.2, 0) is 9.59 Å². The molecule has 4 rings (SSSR count). The van der Waals surface area contributed by atoms with E-state index in [0.29, 0.717) is 29.2 Å². The Labute approximate surface area is 150 Å². The third-order valence-electron chi connectivity index (χ3n) is 5.45. The van der Waals surface area contributed by atoms with Gasteiger partial charge in [-0.1, -0.05) is 24.4 Å².